The normalized spacial score (nSPS) is 14.7. The zero-order valence-electron chi connectivity index (χ0n) is 15.3. The van der Waals surface area contributed by atoms with Crippen LogP contribution >= 0.6 is 0 Å². The highest BCUT2D eigenvalue weighted by Gasteiger charge is 2.35. The van der Waals surface area contributed by atoms with Crippen LogP contribution in [-0.4, -0.2) is 30.6 Å². The minimum Gasteiger partial charge on any atom is -0.365 e. The van der Waals surface area contributed by atoms with Gasteiger partial charge in [0.05, 0.1) is 11.3 Å². The fourth-order valence-corrected chi connectivity index (χ4v) is 2.83. The minimum absolute atomic E-state index is 0.00597. The molecule has 2 N–H and O–H groups in total. The lowest BCUT2D eigenvalue weighted by Crippen LogP contribution is -2.15. The van der Waals surface area contributed by atoms with Crippen molar-refractivity contribution < 1.29 is 22.4 Å². The lowest BCUT2D eigenvalue weighted by atomic mass is 10.1. The number of nitrogens with two attached hydrogens (primary N) is 1. The van der Waals surface area contributed by atoms with Crippen molar-refractivity contribution in [2.24, 2.45) is 5.73 Å². The van der Waals surface area contributed by atoms with Crippen molar-refractivity contribution in [3.63, 3.8) is 0 Å². The molecule has 0 atom stereocenters. The molecule has 1 amide bonds. The maximum Gasteiger partial charge on any atom is 0.433 e. The van der Waals surface area contributed by atoms with E-state index in [4.69, 9.17) is 5.73 Å². The van der Waals surface area contributed by atoms with Crippen molar-refractivity contribution in [3.8, 4) is 11.4 Å². The van der Waals surface area contributed by atoms with Gasteiger partial charge in [0.15, 0.2) is 5.82 Å². The number of rotatable bonds is 5. The summed E-state index contributed by atoms with van der Waals surface area (Å²) < 4.78 is 54.2. The van der Waals surface area contributed by atoms with E-state index in [9.17, 15) is 22.4 Å². The molecule has 1 saturated carbocycles. The summed E-state index contributed by atoms with van der Waals surface area (Å²) in [6.07, 6.45) is -0.678. The Balaban J connectivity index is 1.72. The number of hydrogen-bond donors (Lipinski definition) is 1. The molecule has 3 aromatic heterocycles. The van der Waals surface area contributed by atoms with Gasteiger partial charge in [0.25, 0.3) is 5.91 Å². The van der Waals surface area contributed by atoms with Crippen LogP contribution in [0, 0.1) is 5.95 Å². The molecule has 0 spiro atoms. The molecule has 0 unspecified atom stereocenters. The van der Waals surface area contributed by atoms with Gasteiger partial charge in [0.1, 0.15) is 12.0 Å². The van der Waals surface area contributed by atoms with Gasteiger partial charge in [0.2, 0.25) is 5.95 Å². The van der Waals surface area contributed by atoms with Gasteiger partial charge in [-0.05, 0) is 37.1 Å². The Morgan fingerprint density at radius 1 is 1.20 bits per heavy atom. The van der Waals surface area contributed by atoms with Crippen molar-refractivity contribution >= 4 is 17.7 Å². The van der Waals surface area contributed by atoms with Crippen LogP contribution in [0.2, 0.25) is 0 Å². The number of aromatic nitrogens is 5. The fourth-order valence-electron chi connectivity index (χ4n) is 2.83. The van der Waals surface area contributed by atoms with Gasteiger partial charge in [-0.3, -0.25) is 4.79 Å². The van der Waals surface area contributed by atoms with E-state index in [0.717, 1.165) is 29.7 Å². The molecule has 11 heteroatoms. The molecule has 7 nitrogen and oxygen atoms in total. The van der Waals surface area contributed by atoms with Crippen LogP contribution in [-0.2, 0) is 11.0 Å². The Bertz CT molecular complexity index is 1150. The molecule has 30 heavy (non-hydrogen) atoms. The first-order valence-corrected chi connectivity index (χ1v) is 8.86. The average molecular weight is 418 g/mol. The summed E-state index contributed by atoms with van der Waals surface area (Å²) in [5.74, 6) is -1.68. The molecule has 1 aliphatic carbocycles. The smallest absolute Gasteiger partial charge is 0.365 e. The Morgan fingerprint density at radius 3 is 2.60 bits per heavy atom. The Labute approximate surface area is 167 Å². The van der Waals surface area contributed by atoms with Gasteiger partial charge < -0.3 is 5.73 Å². The number of amides is 1. The lowest BCUT2D eigenvalue weighted by Gasteiger charge is -2.09. The van der Waals surface area contributed by atoms with Crippen LogP contribution < -0.4 is 5.73 Å². The predicted molar refractivity (Wildman–Crippen MR) is 97.8 cm³/mol. The second-order valence-electron chi connectivity index (χ2n) is 6.74. The van der Waals surface area contributed by atoms with Crippen molar-refractivity contribution in [2.45, 2.75) is 24.9 Å². The summed E-state index contributed by atoms with van der Waals surface area (Å²) >= 11 is 0. The SMILES string of the molecule is NC(=O)/C(=C/n1cnc(-c2cc(C3CC3)nc(C(F)(F)F)c2)n1)c1cccc(F)n1. The number of alkyl halides is 3. The van der Waals surface area contributed by atoms with Crippen LogP contribution in [0.25, 0.3) is 23.2 Å². The van der Waals surface area contributed by atoms with Gasteiger partial charge in [0, 0.05) is 23.4 Å². The Morgan fingerprint density at radius 2 is 1.97 bits per heavy atom. The summed E-state index contributed by atoms with van der Waals surface area (Å²) in [5, 5.41) is 4.10. The van der Waals surface area contributed by atoms with E-state index in [-0.39, 0.29) is 28.6 Å². The summed E-state index contributed by atoms with van der Waals surface area (Å²) in [6, 6.07) is 6.25. The molecule has 4 rings (SSSR count). The van der Waals surface area contributed by atoms with Crippen molar-refractivity contribution in [2.75, 3.05) is 0 Å². The number of halogens is 4. The summed E-state index contributed by atoms with van der Waals surface area (Å²) in [7, 11) is 0. The van der Waals surface area contributed by atoms with E-state index < -0.39 is 23.7 Å². The highest BCUT2D eigenvalue weighted by molar-refractivity contribution is 6.21. The monoisotopic (exact) mass is 418 g/mol. The lowest BCUT2D eigenvalue weighted by molar-refractivity contribution is -0.141. The van der Waals surface area contributed by atoms with E-state index in [0.29, 0.717) is 5.69 Å². The molecule has 0 saturated heterocycles. The molecule has 3 aromatic rings. The van der Waals surface area contributed by atoms with Gasteiger partial charge in [-0.2, -0.15) is 17.6 Å². The Hall–Kier alpha value is -3.63. The molecule has 0 aromatic carbocycles. The number of primary amides is 1. The van der Waals surface area contributed by atoms with E-state index in [1.165, 1.54) is 30.7 Å². The summed E-state index contributed by atoms with van der Waals surface area (Å²) in [6.45, 7) is 0. The number of pyridine rings is 2. The third-order valence-electron chi connectivity index (χ3n) is 4.42. The van der Waals surface area contributed by atoms with Gasteiger partial charge >= 0.3 is 6.18 Å². The largest absolute Gasteiger partial charge is 0.433 e. The van der Waals surface area contributed by atoms with Crippen molar-refractivity contribution in [1.29, 1.82) is 0 Å². The maximum atomic E-state index is 13.4. The van der Waals surface area contributed by atoms with Crippen molar-refractivity contribution in [3.05, 3.63) is 59.7 Å². The first-order chi connectivity index (χ1) is 14.2. The number of nitrogens with zero attached hydrogens (tertiary/aromatic N) is 5. The zero-order valence-corrected chi connectivity index (χ0v) is 15.3. The molecular formula is C19H14F4N6O. The highest BCUT2D eigenvalue weighted by atomic mass is 19.4. The molecule has 0 aliphatic heterocycles. The quantitative estimate of drug-likeness (QED) is 0.390. The second-order valence-corrected chi connectivity index (χ2v) is 6.74. The van der Waals surface area contributed by atoms with E-state index in [1.807, 2.05) is 0 Å². The third-order valence-corrected chi connectivity index (χ3v) is 4.42. The fraction of sp³-hybridized carbons (Fsp3) is 0.211. The third kappa shape index (κ3) is 4.19. The standard InChI is InChI=1S/C19H14F4N6O/c20-16-3-1-2-13(27-16)12(17(24)30)8-29-9-25-18(28-29)11-6-14(10-4-5-10)26-15(7-11)19(21,22)23/h1-3,6-10H,4-5H2,(H2,24,30)/b12-8+. The first kappa shape index (κ1) is 19.7. The van der Waals surface area contributed by atoms with E-state index in [2.05, 4.69) is 20.1 Å². The second kappa shape index (κ2) is 7.32. The molecule has 0 bridgehead atoms. The number of carbonyl (C=O) groups excluding carboxylic acids is 1. The molecule has 3 heterocycles. The minimum atomic E-state index is -4.61. The number of hydrogen-bond acceptors (Lipinski definition) is 5. The van der Waals surface area contributed by atoms with Crippen LogP contribution in [0.3, 0.4) is 0 Å². The van der Waals surface area contributed by atoms with Crippen LogP contribution in [0.1, 0.15) is 35.8 Å². The average Bonchev–Trinajstić information content (AvgIpc) is 3.43. The van der Waals surface area contributed by atoms with Crippen LogP contribution in [0.5, 0.6) is 0 Å². The zero-order chi connectivity index (χ0) is 21.5. The van der Waals surface area contributed by atoms with Crippen LogP contribution in [0.15, 0.2) is 36.7 Å². The number of carbonyl (C=O) groups is 1. The van der Waals surface area contributed by atoms with E-state index in [1.54, 1.807) is 0 Å². The molecule has 154 valence electrons. The highest BCUT2D eigenvalue weighted by Crippen LogP contribution is 2.41. The van der Waals surface area contributed by atoms with Gasteiger partial charge in [-0.1, -0.05) is 6.07 Å². The van der Waals surface area contributed by atoms with Gasteiger partial charge in [-0.15, -0.1) is 5.10 Å². The Kier molecular flexibility index (Phi) is 4.80. The predicted octanol–water partition coefficient (Wildman–Crippen LogP) is 3.25. The maximum absolute atomic E-state index is 13.4. The van der Waals surface area contributed by atoms with E-state index >= 15 is 0 Å². The molecule has 1 aliphatic rings. The van der Waals surface area contributed by atoms with Crippen molar-refractivity contribution in [1.82, 2.24) is 24.7 Å². The summed E-state index contributed by atoms with van der Waals surface area (Å²) in [5.41, 5.74) is 4.66. The molecular weight excluding hydrogens is 404 g/mol. The van der Waals surface area contributed by atoms with Crippen LogP contribution in [0.4, 0.5) is 17.6 Å². The first-order valence-electron chi connectivity index (χ1n) is 8.86. The summed E-state index contributed by atoms with van der Waals surface area (Å²) in [4.78, 5) is 23.1. The van der Waals surface area contributed by atoms with Gasteiger partial charge in [-0.25, -0.2) is 19.6 Å². The molecule has 1 fully saturated rings. The topological polar surface area (TPSA) is 99.6 Å². The molecule has 0 radical (unpaired) electrons.